The fourth-order valence-electron chi connectivity index (χ4n) is 6.81. The molecular weight excluding hydrogens is 998 g/mol. The van der Waals surface area contributed by atoms with Gasteiger partial charge in [0.15, 0.2) is 6.29 Å². The van der Waals surface area contributed by atoms with E-state index in [-0.39, 0.29) is 103 Å². The van der Waals surface area contributed by atoms with Gasteiger partial charge in [-0.1, -0.05) is 46.5 Å². The number of aliphatic hydroxyl groups excluding tert-OH is 2. The second-order valence-corrected chi connectivity index (χ2v) is 14.7. The predicted octanol–water partition coefficient (Wildman–Crippen LogP) is 7.30. The quantitative estimate of drug-likeness (QED) is 0.0224. The summed E-state index contributed by atoms with van der Waals surface area (Å²) in [6.07, 6.45) is 13.5. The molecule has 0 spiro atoms. The first-order valence-corrected chi connectivity index (χ1v) is 21.2. The number of aryl methyl sites for hydroxylation is 6. The van der Waals surface area contributed by atoms with Crippen LogP contribution in [0.15, 0.2) is 104 Å². The summed E-state index contributed by atoms with van der Waals surface area (Å²) in [4.78, 5) is 56.2. The molecule has 4 aromatic heterocycles. The maximum absolute atomic E-state index is 11.3. The summed E-state index contributed by atoms with van der Waals surface area (Å²) in [5.74, 6) is -1.19. The van der Waals surface area contributed by atoms with E-state index < -0.39 is 5.97 Å². The molecule has 0 aliphatic rings. The topological polar surface area (TPSA) is 241 Å². The zero-order valence-corrected chi connectivity index (χ0v) is 45.9. The number of aliphatic hydroxyl groups is 2. The van der Waals surface area contributed by atoms with Crippen LogP contribution in [0.2, 0.25) is 0 Å². The number of aromatic nitrogens is 4. The molecule has 0 atom stereocenters. The second kappa shape index (κ2) is 35.2. The molecule has 0 bridgehead atoms. The summed E-state index contributed by atoms with van der Waals surface area (Å²) >= 11 is 0. The molecule has 16 heteroatoms. The first kappa shape index (κ1) is 66.1. The standard InChI is InChI=1S/C14H17NO2.C14H15NO2.C12H13NO2.C10H9NO.2CH4O.CH3.K.H2O.Pd/c2*1-3-17-14(16)7-5-11-9-15-13-6-4-10(2)8-12(11)13;1-8-2-4-11-10(6-8)9(7-13-11)3-5-12(14)15;1-7-2-3-10-9(4-7)8(6-12)5-11-10;2*1-2;;;;/h4,6,8-9,15H,3,5,7H2,1-2H3;4-9,15H,3H2,1-2H3;2,4,6-7,13H,3,5H2,1H3,(H,14,15);2-6,11H,1H3;2*2H,1H3;1H3;;1H2;/q;;;;;;-1;+1;;/p-1/b;7-5+;;;;;;;;. The molecule has 0 radical (unpaired) electrons. The van der Waals surface area contributed by atoms with Crippen LogP contribution in [0.4, 0.5) is 0 Å². The second-order valence-electron chi connectivity index (χ2n) is 14.7. The SMILES string of the molecule is CCOC(=O)/C=C/c1c[nH]c2ccc(C)cc12.CCOC(=O)CCc1c[nH]c2ccc(C)cc12.CO.CO.Cc1ccc2[nH]cc(C=O)c2c1.Cc1ccc2[nH]cc(CCC(=O)O)c2c1.[CH3-].[K+].[OH-].[Pd]. The van der Waals surface area contributed by atoms with E-state index >= 15 is 0 Å². The molecule has 8 N–H and O–H groups in total. The summed E-state index contributed by atoms with van der Waals surface area (Å²) in [6.45, 7) is 12.6. The van der Waals surface area contributed by atoms with Gasteiger partial charge in [-0.3, -0.25) is 14.4 Å². The predicted molar refractivity (Wildman–Crippen MR) is 269 cm³/mol. The van der Waals surface area contributed by atoms with E-state index in [9.17, 15) is 19.2 Å². The molecule has 8 rings (SSSR count). The number of carboxylic acid groups (broad SMARTS) is 1. The smallest absolute Gasteiger partial charge is 0.870 e. The fraction of sp³-hybridized carbons (Fsp3) is 0.264. The van der Waals surface area contributed by atoms with E-state index in [0.717, 1.165) is 81.8 Å². The number of carbonyl (C=O) groups excluding carboxylic acids is 3. The van der Waals surface area contributed by atoms with Gasteiger partial charge >= 0.3 is 69.3 Å². The van der Waals surface area contributed by atoms with Crippen LogP contribution in [0.1, 0.15) is 76.0 Å². The largest absolute Gasteiger partial charge is 1.00 e. The molecule has 370 valence electrons. The van der Waals surface area contributed by atoms with Crippen LogP contribution >= 0.6 is 0 Å². The van der Waals surface area contributed by atoms with Crippen LogP contribution in [0.5, 0.6) is 0 Å². The van der Waals surface area contributed by atoms with Gasteiger partial charge in [0, 0.05) is 133 Å². The molecule has 8 aromatic rings. The Hall–Kier alpha value is -4.96. The van der Waals surface area contributed by atoms with Crippen LogP contribution < -0.4 is 51.4 Å². The van der Waals surface area contributed by atoms with Gasteiger partial charge in [0.25, 0.3) is 0 Å². The van der Waals surface area contributed by atoms with Crippen molar-refractivity contribution in [3.8, 4) is 0 Å². The molecule has 4 heterocycles. The van der Waals surface area contributed by atoms with E-state index in [2.05, 4.69) is 63.3 Å². The molecule has 14 nitrogen and oxygen atoms in total. The third-order valence-electron chi connectivity index (χ3n) is 9.91. The molecule has 0 unspecified atom stereocenters. The monoisotopic (exact) mass is 1060 g/mol. The Morgan fingerprint density at radius 1 is 0.565 bits per heavy atom. The Morgan fingerprint density at radius 3 is 1.33 bits per heavy atom. The first-order valence-electron chi connectivity index (χ1n) is 21.2. The average molecular weight is 1060 g/mol. The van der Waals surface area contributed by atoms with Gasteiger partial charge in [-0.2, -0.15) is 0 Å². The van der Waals surface area contributed by atoms with Crippen LogP contribution in [0, 0.1) is 35.1 Å². The fourth-order valence-corrected chi connectivity index (χ4v) is 6.81. The number of aldehydes is 1. The van der Waals surface area contributed by atoms with E-state index in [4.69, 9.17) is 24.8 Å². The molecule has 0 aliphatic heterocycles. The molecule has 0 saturated carbocycles. The molecule has 0 saturated heterocycles. The number of carbonyl (C=O) groups is 4. The Labute approximate surface area is 461 Å². The van der Waals surface area contributed by atoms with Gasteiger partial charge in [-0.25, -0.2) is 4.79 Å². The third kappa shape index (κ3) is 20.9. The number of aromatic amines is 4. The third-order valence-corrected chi connectivity index (χ3v) is 9.91. The van der Waals surface area contributed by atoms with Crippen molar-refractivity contribution in [2.75, 3.05) is 27.4 Å². The minimum atomic E-state index is -0.753. The van der Waals surface area contributed by atoms with Crippen LogP contribution in [-0.2, 0) is 57.1 Å². The van der Waals surface area contributed by atoms with Gasteiger partial charge in [0.05, 0.1) is 13.2 Å². The summed E-state index contributed by atoms with van der Waals surface area (Å²) < 4.78 is 9.77. The number of hydrogen-bond acceptors (Lipinski definition) is 9. The van der Waals surface area contributed by atoms with Crippen LogP contribution in [-0.4, -0.2) is 92.4 Å². The minimum absolute atomic E-state index is 0. The number of nitrogens with one attached hydrogen (secondary N) is 4. The van der Waals surface area contributed by atoms with Gasteiger partial charge in [0.1, 0.15) is 0 Å². The molecule has 4 aromatic carbocycles. The minimum Gasteiger partial charge on any atom is -0.870 e. The molecular formula is C53H66KN4O10Pd-. The Balaban J connectivity index is 0. The number of benzene rings is 4. The Kier molecular flexibility index (Phi) is 33.7. The van der Waals surface area contributed by atoms with Gasteiger partial charge < -0.3 is 57.6 Å². The number of rotatable bonds is 11. The zero-order valence-electron chi connectivity index (χ0n) is 41.3. The van der Waals surface area contributed by atoms with Crippen molar-refractivity contribution < 1.29 is 121 Å². The van der Waals surface area contributed by atoms with Crippen LogP contribution in [0.25, 0.3) is 49.7 Å². The van der Waals surface area contributed by atoms with Gasteiger partial charge in [-0.05, 0) is 120 Å². The number of hydrogen-bond donors (Lipinski definition) is 7. The van der Waals surface area contributed by atoms with Crippen molar-refractivity contribution in [1.29, 1.82) is 0 Å². The summed E-state index contributed by atoms with van der Waals surface area (Å²) in [5, 5.41) is 27.1. The number of fused-ring (bicyclic) bond motifs is 4. The van der Waals surface area contributed by atoms with Gasteiger partial charge in [0.2, 0.25) is 0 Å². The molecule has 69 heavy (non-hydrogen) atoms. The van der Waals surface area contributed by atoms with Crippen molar-refractivity contribution in [3.63, 3.8) is 0 Å². The maximum Gasteiger partial charge on any atom is 1.00 e. The van der Waals surface area contributed by atoms with Gasteiger partial charge in [-0.15, -0.1) is 0 Å². The molecule has 0 aliphatic carbocycles. The van der Waals surface area contributed by atoms with Crippen molar-refractivity contribution in [1.82, 2.24) is 19.9 Å². The summed E-state index contributed by atoms with van der Waals surface area (Å²) in [6, 6.07) is 24.6. The number of ether oxygens (including phenoxy) is 2. The number of carboxylic acids is 1. The average Bonchev–Trinajstić information content (AvgIpc) is 4.11. The van der Waals surface area contributed by atoms with Crippen molar-refractivity contribution >= 4 is 73.9 Å². The molecule has 0 fully saturated rings. The normalized spacial score (nSPS) is 9.71. The summed E-state index contributed by atoms with van der Waals surface area (Å²) in [7, 11) is 2.00. The zero-order chi connectivity index (χ0) is 47.9. The van der Waals surface area contributed by atoms with E-state index in [1.54, 1.807) is 19.2 Å². The van der Waals surface area contributed by atoms with Crippen molar-refractivity contribution in [2.24, 2.45) is 0 Å². The summed E-state index contributed by atoms with van der Waals surface area (Å²) in [5.41, 5.74) is 13.1. The van der Waals surface area contributed by atoms with Crippen molar-refractivity contribution in [2.45, 2.75) is 67.2 Å². The Bertz CT molecular complexity index is 2810. The number of aliphatic carboxylic acids is 1. The maximum atomic E-state index is 11.3. The van der Waals surface area contributed by atoms with E-state index in [1.165, 1.54) is 39.3 Å². The Morgan fingerprint density at radius 2 is 0.928 bits per heavy atom. The first-order chi connectivity index (χ1) is 31.4. The van der Waals surface area contributed by atoms with Crippen molar-refractivity contribution in [3.05, 3.63) is 156 Å². The number of esters is 2. The number of H-pyrrole nitrogens is 4. The van der Waals surface area contributed by atoms with E-state index in [0.29, 0.717) is 26.1 Å². The molecule has 0 amide bonds. The van der Waals surface area contributed by atoms with Crippen LogP contribution in [0.3, 0.4) is 0 Å². The van der Waals surface area contributed by atoms with E-state index in [1.807, 2.05) is 82.7 Å².